The van der Waals surface area contributed by atoms with Gasteiger partial charge in [-0.1, -0.05) is 44.2 Å². The minimum Gasteiger partial charge on any atom is -0.454 e. The molecule has 0 atom stereocenters. The topological polar surface area (TPSA) is 26.0 Å². The zero-order valence-electron chi connectivity index (χ0n) is 12.0. The Labute approximate surface area is 118 Å². The molecule has 0 unspecified atom stereocenters. The summed E-state index contributed by atoms with van der Waals surface area (Å²) in [6.07, 6.45) is 0. The van der Waals surface area contributed by atoms with Gasteiger partial charge in [0.2, 0.25) is 0 Å². The zero-order valence-corrected chi connectivity index (χ0v) is 12.0. The molecule has 2 aromatic heterocycles. The number of benzene rings is 2. The molecule has 0 N–H and O–H groups in total. The van der Waals surface area contributed by atoms with Gasteiger partial charge in [0.25, 0.3) is 0 Å². The minimum absolute atomic E-state index is 0.898. The summed E-state index contributed by atoms with van der Waals surface area (Å²) in [6, 6.07) is 16.2. The van der Waals surface area contributed by atoms with Crippen molar-refractivity contribution in [2.45, 2.75) is 20.8 Å². The molecule has 20 heavy (non-hydrogen) atoms. The van der Waals surface area contributed by atoms with Crippen LogP contribution in [0.25, 0.3) is 33.0 Å². The molecule has 0 fully saturated rings. The van der Waals surface area contributed by atoms with Gasteiger partial charge in [0, 0.05) is 16.3 Å². The maximum absolute atomic E-state index is 5.93. The van der Waals surface area contributed by atoms with Crippen LogP contribution in [0, 0.1) is 6.92 Å². The van der Waals surface area contributed by atoms with Gasteiger partial charge in [-0.05, 0) is 25.1 Å². The highest BCUT2D eigenvalue weighted by Crippen LogP contribution is 2.32. The second-order valence-electron chi connectivity index (χ2n) is 4.53. The fourth-order valence-corrected chi connectivity index (χ4v) is 2.53. The van der Waals surface area contributed by atoms with Crippen LogP contribution in [0.5, 0.6) is 0 Å². The number of nitrogens with zero attached hydrogens (tertiary/aromatic N) is 1. The van der Waals surface area contributed by atoms with E-state index in [-0.39, 0.29) is 0 Å². The fourth-order valence-electron chi connectivity index (χ4n) is 2.53. The molecule has 2 aromatic carbocycles. The van der Waals surface area contributed by atoms with Gasteiger partial charge in [-0.2, -0.15) is 0 Å². The molecule has 0 radical (unpaired) electrons. The van der Waals surface area contributed by atoms with E-state index in [1.54, 1.807) is 0 Å². The SMILES string of the molecule is CC.Cc1c2ccccc2nc2c1oc1ccccc12. The van der Waals surface area contributed by atoms with Crippen LogP contribution in [0.15, 0.2) is 52.9 Å². The normalized spacial score (nSPS) is 10.8. The lowest BCUT2D eigenvalue weighted by Crippen LogP contribution is -1.84. The summed E-state index contributed by atoms with van der Waals surface area (Å²) in [6.45, 7) is 6.09. The van der Waals surface area contributed by atoms with Crippen molar-refractivity contribution in [3.05, 3.63) is 54.1 Å². The summed E-state index contributed by atoms with van der Waals surface area (Å²) >= 11 is 0. The molecule has 0 spiro atoms. The number of para-hydroxylation sites is 2. The van der Waals surface area contributed by atoms with Crippen LogP contribution in [-0.4, -0.2) is 4.98 Å². The Morgan fingerprint density at radius 1 is 0.850 bits per heavy atom. The number of furan rings is 1. The van der Waals surface area contributed by atoms with Crippen molar-refractivity contribution in [2.75, 3.05) is 0 Å². The van der Waals surface area contributed by atoms with Crippen LogP contribution < -0.4 is 0 Å². The number of rotatable bonds is 0. The van der Waals surface area contributed by atoms with Crippen molar-refractivity contribution in [1.82, 2.24) is 4.98 Å². The minimum atomic E-state index is 0.898. The van der Waals surface area contributed by atoms with Crippen molar-refractivity contribution in [2.24, 2.45) is 0 Å². The summed E-state index contributed by atoms with van der Waals surface area (Å²) < 4.78 is 5.93. The lowest BCUT2D eigenvalue weighted by molar-refractivity contribution is 0.666. The third kappa shape index (κ3) is 1.76. The van der Waals surface area contributed by atoms with E-state index in [2.05, 4.69) is 19.1 Å². The van der Waals surface area contributed by atoms with Gasteiger partial charge < -0.3 is 4.42 Å². The van der Waals surface area contributed by atoms with E-state index < -0.39 is 0 Å². The molecular weight excluding hydrogens is 246 g/mol. The molecule has 0 aliphatic carbocycles. The van der Waals surface area contributed by atoms with Crippen molar-refractivity contribution in [3.63, 3.8) is 0 Å². The Morgan fingerprint density at radius 2 is 1.50 bits per heavy atom. The maximum Gasteiger partial charge on any atom is 0.157 e. The standard InChI is InChI=1S/C16H11NO.C2H6/c1-10-11-6-2-4-8-13(11)17-15-12-7-3-5-9-14(12)18-16(10)15;1-2/h2-9H,1H3;1-2H3. The van der Waals surface area contributed by atoms with E-state index in [9.17, 15) is 0 Å². The monoisotopic (exact) mass is 263 g/mol. The molecule has 0 saturated heterocycles. The predicted molar refractivity (Wildman–Crippen MR) is 85.1 cm³/mol. The van der Waals surface area contributed by atoms with E-state index in [0.29, 0.717) is 0 Å². The number of aryl methyl sites for hydroxylation is 1. The molecule has 100 valence electrons. The van der Waals surface area contributed by atoms with E-state index in [0.717, 1.165) is 38.5 Å². The molecule has 0 aliphatic heterocycles. The van der Waals surface area contributed by atoms with Crippen molar-refractivity contribution in [3.8, 4) is 0 Å². The van der Waals surface area contributed by atoms with E-state index in [1.165, 1.54) is 0 Å². The Morgan fingerprint density at radius 3 is 2.30 bits per heavy atom. The smallest absolute Gasteiger partial charge is 0.157 e. The Bertz CT molecular complexity index is 890. The van der Waals surface area contributed by atoms with Crippen LogP contribution in [0.3, 0.4) is 0 Å². The predicted octanol–water partition coefficient (Wildman–Crippen LogP) is 5.47. The quantitative estimate of drug-likeness (QED) is 0.420. The summed E-state index contributed by atoms with van der Waals surface area (Å²) in [5.41, 5.74) is 4.94. The second-order valence-corrected chi connectivity index (χ2v) is 4.53. The average Bonchev–Trinajstić information content (AvgIpc) is 2.89. The third-order valence-electron chi connectivity index (χ3n) is 3.45. The molecule has 0 bridgehead atoms. The zero-order chi connectivity index (χ0) is 14.1. The van der Waals surface area contributed by atoms with Gasteiger partial charge in [0.15, 0.2) is 5.58 Å². The van der Waals surface area contributed by atoms with Crippen LogP contribution in [0.1, 0.15) is 19.4 Å². The van der Waals surface area contributed by atoms with E-state index >= 15 is 0 Å². The Hall–Kier alpha value is -2.35. The highest BCUT2D eigenvalue weighted by molar-refractivity contribution is 6.07. The van der Waals surface area contributed by atoms with Crippen molar-refractivity contribution >= 4 is 33.0 Å². The summed E-state index contributed by atoms with van der Waals surface area (Å²) in [5, 5.41) is 2.24. The van der Waals surface area contributed by atoms with Gasteiger partial charge in [-0.25, -0.2) is 4.98 Å². The average molecular weight is 263 g/mol. The second kappa shape index (κ2) is 4.97. The summed E-state index contributed by atoms with van der Waals surface area (Å²) in [7, 11) is 0. The van der Waals surface area contributed by atoms with Crippen molar-refractivity contribution in [1.29, 1.82) is 0 Å². The van der Waals surface area contributed by atoms with Crippen LogP contribution in [-0.2, 0) is 0 Å². The van der Waals surface area contributed by atoms with E-state index in [4.69, 9.17) is 9.40 Å². The fraction of sp³-hybridized carbons (Fsp3) is 0.167. The molecule has 4 aromatic rings. The molecule has 2 nitrogen and oxygen atoms in total. The van der Waals surface area contributed by atoms with Gasteiger partial charge in [-0.15, -0.1) is 0 Å². The molecule has 2 heteroatoms. The summed E-state index contributed by atoms with van der Waals surface area (Å²) in [5.74, 6) is 0. The molecule has 0 aliphatic rings. The number of hydrogen-bond acceptors (Lipinski definition) is 2. The molecule has 4 rings (SSSR count). The highest BCUT2D eigenvalue weighted by Gasteiger charge is 2.12. The first kappa shape index (κ1) is 12.7. The van der Waals surface area contributed by atoms with Gasteiger partial charge in [-0.3, -0.25) is 0 Å². The first-order valence-corrected chi connectivity index (χ1v) is 7.01. The van der Waals surface area contributed by atoms with Gasteiger partial charge in [0.1, 0.15) is 11.1 Å². The van der Waals surface area contributed by atoms with Gasteiger partial charge in [0.05, 0.1) is 5.52 Å². The van der Waals surface area contributed by atoms with Crippen LogP contribution >= 0.6 is 0 Å². The molecular formula is C18H17NO. The molecule has 0 amide bonds. The number of pyridine rings is 1. The third-order valence-corrected chi connectivity index (χ3v) is 3.45. The van der Waals surface area contributed by atoms with Crippen LogP contribution in [0.2, 0.25) is 0 Å². The number of hydrogen-bond donors (Lipinski definition) is 0. The maximum atomic E-state index is 5.93. The number of fused-ring (bicyclic) bond motifs is 4. The first-order chi connectivity index (χ1) is 9.84. The van der Waals surface area contributed by atoms with Gasteiger partial charge >= 0.3 is 0 Å². The highest BCUT2D eigenvalue weighted by atomic mass is 16.3. The lowest BCUT2D eigenvalue weighted by Gasteiger charge is -2.01. The summed E-state index contributed by atoms with van der Waals surface area (Å²) in [4.78, 5) is 4.73. The Balaban J connectivity index is 0.000000581. The Kier molecular flexibility index (Phi) is 3.15. The van der Waals surface area contributed by atoms with Crippen molar-refractivity contribution < 1.29 is 4.42 Å². The lowest BCUT2D eigenvalue weighted by atomic mass is 10.1. The number of aromatic nitrogens is 1. The largest absolute Gasteiger partial charge is 0.454 e. The molecule has 2 heterocycles. The molecule has 0 saturated carbocycles. The van der Waals surface area contributed by atoms with E-state index in [1.807, 2.05) is 50.2 Å². The van der Waals surface area contributed by atoms with Crippen LogP contribution in [0.4, 0.5) is 0 Å². The first-order valence-electron chi connectivity index (χ1n) is 7.01.